The van der Waals surface area contributed by atoms with Crippen molar-refractivity contribution in [3.63, 3.8) is 0 Å². The van der Waals surface area contributed by atoms with Gasteiger partial charge in [0, 0.05) is 0 Å². The number of rotatable bonds is 2. The Hall–Kier alpha value is -1.49. The zero-order chi connectivity index (χ0) is 11.0. The molecule has 1 aromatic carbocycles. The second-order valence-electron chi connectivity index (χ2n) is 4.97. The van der Waals surface area contributed by atoms with E-state index in [-0.39, 0.29) is 0 Å². The molecule has 2 heteroatoms. The first-order valence-corrected chi connectivity index (χ1v) is 6.02. The van der Waals surface area contributed by atoms with E-state index >= 15 is 0 Å². The zero-order valence-corrected chi connectivity index (χ0v) is 9.23. The standard InChI is InChI=1S/C14H15NO/c15-9-10-2-5-13(6-3-10)16-14-8-11-1-4-12(14)7-11/h2-3,5-6,11-12,14H,1,4,7-8H2. The third-order valence-electron chi connectivity index (χ3n) is 3.94. The summed E-state index contributed by atoms with van der Waals surface area (Å²) in [6.07, 6.45) is 5.75. The average molecular weight is 213 g/mol. The molecule has 2 aliphatic rings. The van der Waals surface area contributed by atoms with Crippen LogP contribution in [0.5, 0.6) is 5.75 Å². The lowest BCUT2D eigenvalue weighted by molar-refractivity contribution is 0.138. The maximum Gasteiger partial charge on any atom is 0.119 e. The molecule has 0 spiro atoms. The van der Waals surface area contributed by atoms with Crippen molar-refractivity contribution in [1.82, 2.24) is 0 Å². The molecule has 0 aromatic heterocycles. The van der Waals surface area contributed by atoms with Crippen LogP contribution in [-0.2, 0) is 0 Å². The fourth-order valence-corrected chi connectivity index (χ4v) is 3.11. The predicted octanol–water partition coefficient (Wildman–Crippen LogP) is 3.13. The van der Waals surface area contributed by atoms with E-state index in [9.17, 15) is 0 Å². The fourth-order valence-electron chi connectivity index (χ4n) is 3.11. The van der Waals surface area contributed by atoms with Crippen LogP contribution in [0.3, 0.4) is 0 Å². The highest BCUT2D eigenvalue weighted by Crippen LogP contribution is 2.45. The molecule has 3 atom stereocenters. The van der Waals surface area contributed by atoms with E-state index in [1.165, 1.54) is 25.7 Å². The van der Waals surface area contributed by atoms with Crippen molar-refractivity contribution in [3.05, 3.63) is 29.8 Å². The van der Waals surface area contributed by atoms with E-state index in [0.29, 0.717) is 11.7 Å². The smallest absolute Gasteiger partial charge is 0.119 e. The second kappa shape index (κ2) is 3.83. The van der Waals surface area contributed by atoms with Gasteiger partial charge in [-0.1, -0.05) is 0 Å². The third kappa shape index (κ3) is 1.67. The van der Waals surface area contributed by atoms with Gasteiger partial charge in [-0.05, 0) is 61.8 Å². The molecule has 0 radical (unpaired) electrons. The van der Waals surface area contributed by atoms with Gasteiger partial charge in [-0.25, -0.2) is 0 Å². The Kier molecular flexibility index (Phi) is 2.32. The molecule has 16 heavy (non-hydrogen) atoms. The van der Waals surface area contributed by atoms with Crippen molar-refractivity contribution < 1.29 is 4.74 Å². The number of hydrogen-bond donors (Lipinski definition) is 0. The van der Waals surface area contributed by atoms with Crippen LogP contribution in [0.15, 0.2) is 24.3 Å². The van der Waals surface area contributed by atoms with Crippen molar-refractivity contribution in [2.24, 2.45) is 11.8 Å². The van der Waals surface area contributed by atoms with Crippen LogP contribution in [0.1, 0.15) is 31.2 Å². The average Bonchev–Trinajstić information content (AvgIpc) is 2.92. The minimum Gasteiger partial charge on any atom is -0.490 e. The monoisotopic (exact) mass is 213 g/mol. The summed E-state index contributed by atoms with van der Waals surface area (Å²) in [4.78, 5) is 0. The summed E-state index contributed by atoms with van der Waals surface area (Å²) in [5.74, 6) is 2.60. The summed E-state index contributed by atoms with van der Waals surface area (Å²) in [6, 6.07) is 9.58. The Bertz CT molecular complexity index is 417. The minimum absolute atomic E-state index is 0.423. The van der Waals surface area contributed by atoms with Crippen LogP contribution in [0.4, 0.5) is 0 Å². The Morgan fingerprint density at radius 2 is 1.94 bits per heavy atom. The molecule has 2 saturated carbocycles. The highest BCUT2D eigenvalue weighted by atomic mass is 16.5. The fraction of sp³-hybridized carbons (Fsp3) is 0.500. The molecule has 0 amide bonds. The molecule has 1 aromatic rings. The molecule has 2 fully saturated rings. The van der Waals surface area contributed by atoms with E-state index in [0.717, 1.165) is 17.6 Å². The first kappa shape index (κ1) is 9.72. The predicted molar refractivity (Wildman–Crippen MR) is 61.0 cm³/mol. The maximum atomic E-state index is 8.71. The van der Waals surface area contributed by atoms with Crippen LogP contribution in [0.2, 0.25) is 0 Å². The quantitative estimate of drug-likeness (QED) is 0.756. The number of nitrogens with zero attached hydrogens (tertiary/aromatic N) is 1. The summed E-state index contributed by atoms with van der Waals surface area (Å²) < 4.78 is 6.00. The van der Waals surface area contributed by atoms with Gasteiger partial charge >= 0.3 is 0 Å². The van der Waals surface area contributed by atoms with Gasteiger partial charge in [-0.15, -0.1) is 0 Å². The lowest BCUT2D eigenvalue weighted by Gasteiger charge is -2.23. The molecule has 2 aliphatic carbocycles. The maximum absolute atomic E-state index is 8.71. The van der Waals surface area contributed by atoms with Crippen LogP contribution < -0.4 is 4.74 Å². The normalized spacial score (nSPS) is 31.3. The van der Waals surface area contributed by atoms with Crippen molar-refractivity contribution >= 4 is 0 Å². The van der Waals surface area contributed by atoms with E-state index in [1.807, 2.05) is 24.3 Å². The number of nitriles is 1. The Morgan fingerprint density at radius 1 is 1.12 bits per heavy atom. The highest BCUT2D eigenvalue weighted by molar-refractivity contribution is 5.34. The third-order valence-corrected chi connectivity index (χ3v) is 3.94. The van der Waals surface area contributed by atoms with Gasteiger partial charge in [-0.2, -0.15) is 5.26 Å². The van der Waals surface area contributed by atoms with Crippen molar-refractivity contribution in [2.45, 2.75) is 31.8 Å². The Balaban J connectivity index is 1.68. The summed E-state index contributed by atoms with van der Waals surface area (Å²) in [6.45, 7) is 0. The van der Waals surface area contributed by atoms with Crippen LogP contribution >= 0.6 is 0 Å². The molecule has 2 bridgehead atoms. The number of ether oxygens (including phenoxy) is 1. The van der Waals surface area contributed by atoms with Gasteiger partial charge in [0.1, 0.15) is 11.9 Å². The topological polar surface area (TPSA) is 33.0 Å². The molecule has 3 unspecified atom stereocenters. The van der Waals surface area contributed by atoms with Gasteiger partial charge in [-0.3, -0.25) is 0 Å². The summed E-state index contributed by atoms with van der Waals surface area (Å²) in [7, 11) is 0. The molecule has 3 rings (SSSR count). The largest absolute Gasteiger partial charge is 0.490 e. The molecule has 0 saturated heterocycles. The van der Waals surface area contributed by atoms with E-state index in [4.69, 9.17) is 10.00 Å². The van der Waals surface area contributed by atoms with Gasteiger partial charge in [0.15, 0.2) is 0 Å². The lowest BCUT2D eigenvalue weighted by Crippen LogP contribution is -2.23. The summed E-state index contributed by atoms with van der Waals surface area (Å²) in [5, 5.41) is 8.71. The first-order valence-electron chi connectivity index (χ1n) is 6.02. The Labute approximate surface area is 95.8 Å². The Morgan fingerprint density at radius 3 is 2.50 bits per heavy atom. The van der Waals surface area contributed by atoms with Crippen molar-refractivity contribution in [2.75, 3.05) is 0 Å². The van der Waals surface area contributed by atoms with E-state index in [2.05, 4.69) is 6.07 Å². The van der Waals surface area contributed by atoms with E-state index < -0.39 is 0 Å². The highest BCUT2D eigenvalue weighted by Gasteiger charge is 2.40. The molecule has 0 heterocycles. The van der Waals surface area contributed by atoms with Crippen molar-refractivity contribution in [3.8, 4) is 11.8 Å². The first-order chi connectivity index (χ1) is 7.85. The van der Waals surface area contributed by atoms with Crippen LogP contribution in [-0.4, -0.2) is 6.10 Å². The van der Waals surface area contributed by atoms with Crippen LogP contribution in [0.25, 0.3) is 0 Å². The number of benzene rings is 1. The number of fused-ring (bicyclic) bond motifs is 2. The second-order valence-corrected chi connectivity index (χ2v) is 4.97. The molecule has 82 valence electrons. The summed E-state index contributed by atoms with van der Waals surface area (Å²) in [5.41, 5.74) is 0.695. The van der Waals surface area contributed by atoms with Crippen molar-refractivity contribution in [1.29, 1.82) is 5.26 Å². The van der Waals surface area contributed by atoms with Crippen LogP contribution in [0, 0.1) is 23.2 Å². The molecular formula is C14H15NO. The van der Waals surface area contributed by atoms with Gasteiger partial charge < -0.3 is 4.74 Å². The summed E-state index contributed by atoms with van der Waals surface area (Å²) >= 11 is 0. The van der Waals surface area contributed by atoms with Gasteiger partial charge in [0.2, 0.25) is 0 Å². The molecule has 2 nitrogen and oxygen atoms in total. The van der Waals surface area contributed by atoms with Gasteiger partial charge in [0.25, 0.3) is 0 Å². The lowest BCUT2D eigenvalue weighted by atomic mass is 9.98. The van der Waals surface area contributed by atoms with E-state index in [1.54, 1.807) is 0 Å². The number of hydrogen-bond acceptors (Lipinski definition) is 2. The SMILES string of the molecule is N#Cc1ccc(OC2CC3CCC2C3)cc1. The molecule has 0 N–H and O–H groups in total. The minimum atomic E-state index is 0.423. The molecular weight excluding hydrogens is 198 g/mol. The zero-order valence-electron chi connectivity index (χ0n) is 9.23. The molecule has 0 aliphatic heterocycles. The van der Waals surface area contributed by atoms with Gasteiger partial charge in [0.05, 0.1) is 11.6 Å².